The second-order valence-electron chi connectivity index (χ2n) is 4.11. The number of hydrogen-bond acceptors (Lipinski definition) is 6. The van der Waals surface area contributed by atoms with Crippen molar-refractivity contribution in [3.63, 3.8) is 0 Å². The van der Waals surface area contributed by atoms with E-state index in [1.165, 1.54) is 11.3 Å². The maximum absolute atomic E-state index is 12.2. The average molecular weight is 266 g/mol. The second-order valence-corrected chi connectivity index (χ2v) is 5.18. The quantitative estimate of drug-likeness (QED) is 0.892. The molecule has 0 atom stereocenters. The van der Waals surface area contributed by atoms with Crippen molar-refractivity contribution >= 4 is 22.4 Å². The zero-order chi connectivity index (χ0) is 13.0. The van der Waals surface area contributed by atoms with Gasteiger partial charge >= 0.3 is 0 Å². The van der Waals surface area contributed by atoms with E-state index in [0.29, 0.717) is 31.2 Å². The normalized spacial score (nSPS) is 18.0. The van der Waals surface area contributed by atoms with Crippen molar-refractivity contribution < 1.29 is 9.53 Å². The van der Waals surface area contributed by atoms with E-state index < -0.39 is 5.41 Å². The molecule has 18 heavy (non-hydrogen) atoms. The van der Waals surface area contributed by atoms with Gasteiger partial charge in [0.25, 0.3) is 0 Å². The summed E-state index contributed by atoms with van der Waals surface area (Å²) in [4.78, 5) is 12.2. The molecular formula is C11H14N4O2S. The number of ether oxygens (including phenoxy) is 1. The Labute approximate surface area is 109 Å². The van der Waals surface area contributed by atoms with Crippen molar-refractivity contribution in [1.82, 2.24) is 10.2 Å². The van der Waals surface area contributed by atoms with E-state index in [4.69, 9.17) is 4.74 Å². The third kappa shape index (κ3) is 2.49. The van der Waals surface area contributed by atoms with E-state index in [9.17, 15) is 10.1 Å². The smallest absolute Gasteiger partial charge is 0.246 e. The van der Waals surface area contributed by atoms with Crippen molar-refractivity contribution in [2.75, 3.05) is 18.5 Å². The Hall–Kier alpha value is -1.52. The molecule has 2 heterocycles. The van der Waals surface area contributed by atoms with Crippen molar-refractivity contribution in [2.24, 2.45) is 5.41 Å². The highest BCUT2D eigenvalue weighted by Gasteiger charge is 2.40. The Balaban J connectivity index is 2.08. The van der Waals surface area contributed by atoms with Crippen LogP contribution in [0.3, 0.4) is 0 Å². The first-order valence-corrected chi connectivity index (χ1v) is 6.64. The zero-order valence-corrected chi connectivity index (χ0v) is 10.9. The Kier molecular flexibility index (Phi) is 3.89. The molecule has 1 amide bonds. The number of nitrogens with zero attached hydrogens (tertiary/aromatic N) is 3. The monoisotopic (exact) mass is 266 g/mol. The molecule has 0 aromatic carbocycles. The molecule has 0 bridgehead atoms. The van der Waals surface area contributed by atoms with Gasteiger partial charge in [0.15, 0.2) is 0 Å². The molecule has 0 saturated carbocycles. The van der Waals surface area contributed by atoms with Gasteiger partial charge < -0.3 is 4.74 Å². The Morgan fingerprint density at radius 1 is 1.56 bits per heavy atom. The van der Waals surface area contributed by atoms with E-state index in [1.54, 1.807) is 0 Å². The first kappa shape index (κ1) is 12.9. The molecule has 0 aliphatic carbocycles. The highest BCUT2D eigenvalue weighted by atomic mass is 32.1. The summed E-state index contributed by atoms with van der Waals surface area (Å²) >= 11 is 1.34. The fourth-order valence-corrected chi connectivity index (χ4v) is 2.45. The third-order valence-corrected chi connectivity index (χ3v) is 3.97. The van der Waals surface area contributed by atoms with Crippen LogP contribution < -0.4 is 5.32 Å². The number of amides is 1. The van der Waals surface area contributed by atoms with Crippen LogP contribution in [0.1, 0.15) is 24.8 Å². The van der Waals surface area contributed by atoms with Gasteiger partial charge in [0, 0.05) is 13.2 Å². The standard InChI is InChI=1S/C11H14N4O2S/c1-2-8-14-15-10(18-8)13-9(16)11(7-12)3-5-17-6-4-11/h2-6H2,1H3,(H,13,15,16). The summed E-state index contributed by atoms with van der Waals surface area (Å²) in [5.41, 5.74) is -0.990. The van der Waals surface area contributed by atoms with Crippen LogP contribution in [-0.2, 0) is 16.0 Å². The van der Waals surface area contributed by atoms with Gasteiger partial charge in [0.1, 0.15) is 10.4 Å². The first-order valence-electron chi connectivity index (χ1n) is 5.83. The van der Waals surface area contributed by atoms with Crippen LogP contribution in [0.5, 0.6) is 0 Å². The molecule has 0 spiro atoms. The summed E-state index contributed by atoms with van der Waals surface area (Å²) < 4.78 is 5.19. The van der Waals surface area contributed by atoms with Gasteiger partial charge in [0.2, 0.25) is 11.0 Å². The van der Waals surface area contributed by atoms with Gasteiger partial charge in [-0.1, -0.05) is 18.3 Å². The summed E-state index contributed by atoms with van der Waals surface area (Å²) in [6.45, 7) is 2.86. The highest BCUT2D eigenvalue weighted by Crippen LogP contribution is 2.31. The molecule has 0 radical (unpaired) electrons. The number of nitriles is 1. The molecule has 1 fully saturated rings. The number of aryl methyl sites for hydroxylation is 1. The number of aromatic nitrogens is 2. The molecule has 7 heteroatoms. The Morgan fingerprint density at radius 2 is 2.28 bits per heavy atom. The van der Waals surface area contributed by atoms with Gasteiger partial charge in [-0.3, -0.25) is 10.1 Å². The van der Waals surface area contributed by atoms with Crippen LogP contribution in [-0.4, -0.2) is 29.3 Å². The molecule has 1 aliphatic heterocycles. The minimum Gasteiger partial charge on any atom is -0.381 e. The summed E-state index contributed by atoms with van der Waals surface area (Å²) in [5, 5.41) is 21.1. The lowest BCUT2D eigenvalue weighted by Gasteiger charge is -2.28. The van der Waals surface area contributed by atoms with Gasteiger partial charge in [-0.05, 0) is 19.3 Å². The van der Waals surface area contributed by atoms with Crippen LogP contribution in [0.15, 0.2) is 0 Å². The van der Waals surface area contributed by atoms with Crippen LogP contribution in [0.4, 0.5) is 5.13 Å². The molecule has 1 aliphatic rings. The largest absolute Gasteiger partial charge is 0.381 e. The van der Waals surface area contributed by atoms with Gasteiger partial charge in [0.05, 0.1) is 6.07 Å². The Morgan fingerprint density at radius 3 is 2.83 bits per heavy atom. The van der Waals surface area contributed by atoms with Crippen LogP contribution in [0.25, 0.3) is 0 Å². The Bertz CT molecular complexity index is 474. The van der Waals surface area contributed by atoms with Crippen molar-refractivity contribution in [3.05, 3.63) is 5.01 Å². The van der Waals surface area contributed by atoms with E-state index >= 15 is 0 Å². The lowest BCUT2D eigenvalue weighted by molar-refractivity contribution is -0.126. The highest BCUT2D eigenvalue weighted by molar-refractivity contribution is 7.15. The summed E-state index contributed by atoms with van der Waals surface area (Å²) in [6.07, 6.45) is 1.63. The maximum Gasteiger partial charge on any atom is 0.246 e. The predicted molar refractivity (Wildman–Crippen MR) is 66.0 cm³/mol. The van der Waals surface area contributed by atoms with Crippen molar-refractivity contribution in [3.8, 4) is 6.07 Å². The summed E-state index contributed by atoms with van der Waals surface area (Å²) in [5.74, 6) is -0.299. The lowest BCUT2D eigenvalue weighted by atomic mass is 9.81. The van der Waals surface area contributed by atoms with E-state index in [2.05, 4.69) is 21.6 Å². The number of carbonyl (C=O) groups is 1. The summed E-state index contributed by atoms with van der Waals surface area (Å²) in [7, 11) is 0. The average Bonchev–Trinajstić information content (AvgIpc) is 2.87. The topological polar surface area (TPSA) is 87.9 Å². The first-order chi connectivity index (χ1) is 8.70. The predicted octanol–water partition coefficient (Wildman–Crippen LogP) is 1.36. The van der Waals surface area contributed by atoms with Crippen LogP contribution in [0, 0.1) is 16.7 Å². The number of carbonyl (C=O) groups excluding carboxylic acids is 1. The molecule has 1 aromatic heterocycles. The van der Waals surface area contributed by atoms with Crippen LogP contribution in [0.2, 0.25) is 0 Å². The van der Waals surface area contributed by atoms with Gasteiger partial charge in [-0.15, -0.1) is 10.2 Å². The minimum absolute atomic E-state index is 0.299. The molecule has 2 rings (SSSR count). The molecular weight excluding hydrogens is 252 g/mol. The number of hydrogen-bond donors (Lipinski definition) is 1. The maximum atomic E-state index is 12.2. The number of nitrogens with one attached hydrogen (secondary N) is 1. The molecule has 0 unspecified atom stereocenters. The van der Waals surface area contributed by atoms with E-state index in [-0.39, 0.29) is 5.91 Å². The van der Waals surface area contributed by atoms with Crippen molar-refractivity contribution in [1.29, 1.82) is 5.26 Å². The van der Waals surface area contributed by atoms with E-state index in [0.717, 1.165) is 11.4 Å². The van der Waals surface area contributed by atoms with Gasteiger partial charge in [-0.2, -0.15) is 5.26 Å². The molecule has 1 aromatic rings. The number of anilines is 1. The molecule has 1 N–H and O–H groups in total. The van der Waals surface area contributed by atoms with Crippen LogP contribution >= 0.6 is 11.3 Å². The molecule has 96 valence electrons. The fraction of sp³-hybridized carbons (Fsp3) is 0.636. The molecule has 1 saturated heterocycles. The number of rotatable bonds is 3. The molecule has 6 nitrogen and oxygen atoms in total. The zero-order valence-electron chi connectivity index (χ0n) is 10.1. The SMILES string of the molecule is CCc1nnc(NC(=O)C2(C#N)CCOCC2)s1. The van der Waals surface area contributed by atoms with Crippen molar-refractivity contribution in [2.45, 2.75) is 26.2 Å². The minimum atomic E-state index is -0.990. The second kappa shape index (κ2) is 5.42. The fourth-order valence-electron chi connectivity index (χ4n) is 1.77. The lowest BCUT2D eigenvalue weighted by Crippen LogP contribution is -2.39. The van der Waals surface area contributed by atoms with E-state index in [1.807, 2.05) is 6.92 Å². The summed E-state index contributed by atoms with van der Waals surface area (Å²) in [6, 6.07) is 2.12. The third-order valence-electron chi connectivity index (χ3n) is 2.98. The van der Waals surface area contributed by atoms with Gasteiger partial charge in [-0.25, -0.2) is 0 Å².